The zero-order valence-corrected chi connectivity index (χ0v) is 18.2. The Morgan fingerprint density at radius 3 is 2.61 bits per heavy atom. The monoisotopic (exact) mass is 460 g/mol. The second-order valence-electron chi connectivity index (χ2n) is 6.99. The Labute approximate surface area is 180 Å². The van der Waals surface area contributed by atoms with Gasteiger partial charge in [-0.15, -0.1) is 0 Å². The molecule has 0 atom stereocenters. The largest absolute Gasteiger partial charge is 0.492 e. The van der Waals surface area contributed by atoms with Crippen LogP contribution in [0.3, 0.4) is 0 Å². The first-order valence-corrected chi connectivity index (χ1v) is 10.9. The number of carbonyl (C=O) groups is 1. The molecule has 3 rings (SSSR count). The fourth-order valence-corrected chi connectivity index (χ4v) is 3.99. The molecule has 1 amide bonds. The van der Waals surface area contributed by atoms with E-state index in [2.05, 4.69) is 38.7 Å². The zero-order valence-electron chi connectivity index (χ0n) is 15.7. The van der Waals surface area contributed by atoms with Crippen molar-refractivity contribution in [2.45, 2.75) is 44.6 Å². The molecule has 2 N–H and O–H groups in total. The summed E-state index contributed by atoms with van der Waals surface area (Å²) in [6, 6.07) is 15.9. The number of hydrogen-bond donors (Lipinski definition) is 2. The summed E-state index contributed by atoms with van der Waals surface area (Å²) in [5.41, 5.74) is 1.67. The van der Waals surface area contributed by atoms with Crippen molar-refractivity contribution in [1.82, 2.24) is 10.6 Å². The molecule has 0 radical (unpaired) electrons. The van der Waals surface area contributed by atoms with Crippen LogP contribution in [0.25, 0.3) is 0 Å². The van der Waals surface area contributed by atoms with Gasteiger partial charge in [0.1, 0.15) is 5.75 Å². The molecule has 0 bridgehead atoms. The van der Waals surface area contributed by atoms with Gasteiger partial charge in [0, 0.05) is 16.9 Å². The number of rotatable bonds is 6. The molecule has 2 aromatic carbocycles. The molecule has 0 heterocycles. The van der Waals surface area contributed by atoms with Gasteiger partial charge in [0.2, 0.25) is 0 Å². The van der Waals surface area contributed by atoms with E-state index < -0.39 is 0 Å². The van der Waals surface area contributed by atoms with Gasteiger partial charge < -0.3 is 10.1 Å². The maximum atomic E-state index is 12.8. The third-order valence-electron chi connectivity index (χ3n) is 4.84. The molecule has 6 heteroatoms. The number of hydrogen-bond acceptors (Lipinski definition) is 3. The standard InChI is InChI=1S/C22H25BrN2O2S/c23-17-11-12-20(27-14-13-16-7-3-1-4-8-16)19(15-17)21(26)25-22(28)24-18-9-5-2-6-10-18/h1,3-4,7-8,11-12,15,18H,2,5-6,9-10,13-14H2,(H2,24,25,26,28). The van der Waals surface area contributed by atoms with Crippen molar-refractivity contribution in [2.24, 2.45) is 0 Å². The summed E-state index contributed by atoms with van der Waals surface area (Å²) in [6.45, 7) is 0.497. The maximum Gasteiger partial charge on any atom is 0.261 e. The average molecular weight is 461 g/mol. The Balaban J connectivity index is 1.58. The van der Waals surface area contributed by atoms with Gasteiger partial charge in [-0.1, -0.05) is 65.5 Å². The topological polar surface area (TPSA) is 50.4 Å². The van der Waals surface area contributed by atoms with E-state index in [0.29, 0.717) is 29.1 Å². The highest BCUT2D eigenvalue weighted by Gasteiger charge is 2.18. The first-order chi connectivity index (χ1) is 13.6. The Hall–Kier alpha value is -1.92. The lowest BCUT2D eigenvalue weighted by Crippen LogP contribution is -2.45. The van der Waals surface area contributed by atoms with Crippen LogP contribution in [0.5, 0.6) is 5.75 Å². The summed E-state index contributed by atoms with van der Waals surface area (Å²) in [7, 11) is 0. The molecule has 1 fully saturated rings. The van der Waals surface area contributed by atoms with E-state index in [0.717, 1.165) is 23.7 Å². The number of amides is 1. The normalized spacial score (nSPS) is 14.3. The van der Waals surface area contributed by atoms with Crippen LogP contribution in [0.15, 0.2) is 53.0 Å². The number of thiocarbonyl (C=S) groups is 1. The molecule has 1 saturated carbocycles. The van der Waals surface area contributed by atoms with Crippen molar-refractivity contribution in [3.63, 3.8) is 0 Å². The predicted octanol–water partition coefficient (Wildman–Crippen LogP) is 5.01. The molecule has 0 unspecified atom stereocenters. The van der Waals surface area contributed by atoms with Crippen molar-refractivity contribution >= 4 is 39.2 Å². The minimum atomic E-state index is -0.260. The van der Waals surface area contributed by atoms with E-state index in [9.17, 15) is 4.79 Å². The summed E-state index contributed by atoms with van der Waals surface area (Å²) >= 11 is 8.77. The molecule has 0 aliphatic heterocycles. The Bertz CT molecular complexity index is 807. The molecule has 0 saturated heterocycles. The summed E-state index contributed by atoms with van der Waals surface area (Å²) < 4.78 is 6.72. The van der Waals surface area contributed by atoms with Gasteiger partial charge in [0.25, 0.3) is 5.91 Å². The van der Waals surface area contributed by atoms with Crippen molar-refractivity contribution in [3.8, 4) is 5.75 Å². The second kappa shape index (κ2) is 10.6. The molecule has 1 aliphatic rings. The van der Waals surface area contributed by atoms with Gasteiger partial charge in [-0.25, -0.2) is 0 Å². The van der Waals surface area contributed by atoms with Crippen molar-refractivity contribution in [1.29, 1.82) is 0 Å². The molecular weight excluding hydrogens is 436 g/mol. The molecule has 28 heavy (non-hydrogen) atoms. The van der Waals surface area contributed by atoms with Gasteiger partial charge in [-0.2, -0.15) is 0 Å². The van der Waals surface area contributed by atoms with Crippen molar-refractivity contribution < 1.29 is 9.53 Å². The highest BCUT2D eigenvalue weighted by atomic mass is 79.9. The fraction of sp³-hybridized carbons (Fsp3) is 0.364. The highest BCUT2D eigenvalue weighted by Crippen LogP contribution is 2.24. The smallest absolute Gasteiger partial charge is 0.261 e. The number of nitrogens with one attached hydrogen (secondary N) is 2. The molecular formula is C22H25BrN2O2S. The van der Waals surface area contributed by atoms with Crippen molar-refractivity contribution in [2.75, 3.05) is 6.61 Å². The van der Waals surface area contributed by atoms with Gasteiger partial charge in [-0.3, -0.25) is 10.1 Å². The van der Waals surface area contributed by atoms with Crippen LogP contribution in [-0.4, -0.2) is 23.7 Å². The van der Waals surface area contributed by atoms with Crippen LogP contribution in [0.2, 0.25) is 0 Å². The maximum absolute atomic E-state index is 12.8. The Morgan fingerprint density at radius 2 is 1.86 bits per heavy atom. The fourth-order valence-electron chi connectivity index (χ4n) is 3.37. The van der Waals surface area contributed by atoms with Gasteiger partial charge in [-0.05, 0) is 48.8 Å². The Kier molecular flexibility index (Phi) is 7.86. The van der Waals surface area contributed by atoms with E-state index >= 15 is 0 Å². The minimum absolute atomic E-state index is 0.260. The molecule has 148 valence electrons. The first kappa shape index (κ1) is 20.8. The zero-order chi connectivity index (χ0) is 19.8. The van der Waals surface area contributed by atoms with Crippen LogP contribution >= 0.6 is 28.1 Å². The SMILES string of the molecule is O=C(NC(=S)NC1CCCCC1)c1cc(Br)ccc1OCCc1ccccc1. The quantitative estimate of drug-likeness (QED) is 0.594. The van der Waals surface area contributed by atoms with Crippen LogP contribution in [-0.2, 0) is 6.42 Å². The van der Waals surface area contributed by atoms with Crippen molar-refractivity contribution in [3.05, 3.63) is 64.1 Å². The average Bonchev–Trinajstić information content (AvgIpc) is 2.70. The molecule has 0 spiro atoms. The van der Waals surface area contributed by atoms with E-state index in [4.69, 9.17) is 17.0 Å². The van der Waals surface area contributed by atoms with Gasteiger partial charge >= 0.3 is 0 Å². The number of ether oxygens (including phenoxy) is 1. The second-order valence-corrected chi connectivity index (χ2v) is 8.31. The lowest BCUT2D eigenvalue weighted by atomic mass is 9.96. The van der Waals surface area contributed by atoms with Gasteiger partial charge in [0.15, 0.2) is 5.11 Å². The third kappa shape index (κ3) is 6.31. The lowest BCUT2D eigenvalue weighted by Gasteiger charge is -2.24. The summed E-state index contributed by atoms with van der Waals surface area (Å²) in [4.78, 5) is 12.8. The molecule has 2 aromatic rings. The lowest BCUT2D eigenvalue weighted by molar-refractivity contribution is 0.0972. The van der Waals surface area contributed by atoms with E-state index in [1.807, 2.05) is 30.3 Å². The first-order valence-electron chi connectivity index (χ1n) is 9.70. The Morgan fingerprint density at radius 1 is 1.11 bits per heavy atom. The van der Waals surface area contributed by atoms with E-state index in [1.165, 1.54) is 24.8 Å². The van der Waals surface area contributed by atoms with Crippen LogP contribution < -0.4 is 15.4 Å². The van der Waals surface area contributed by atoms with E-state index in [1.54, 1.807) is 6.07 Å². The molecule has 1 aliphatic carbocycles. The molecule has 4 nitrogen and oxygen atoms in total. The number of benzene rings is 2. The third-order valence-corrected chi connectivity index (χ3v) is 5.56. The molecule has 0 aromatic heterocycles. The summed E-state index contributed by atoms with van der Waals surface area (Å²) in [5.74, 6) is 0.293. The highest BCUT2D eigenvalue weighted by molar-refractivity contribution is 9.10. The van der Waals surface area contributed by atoms with Crippen LogP contribution in [0.1, 0.15) is 48.0 Å². The van der Waals surface area contributed by atoms with Crippen LogP contribution in [0.4, 0.5) is 0 Å². The number of halogens is 1. The van der Waals surface area contributed by atoms with Gasteiger partial charge in [0.05, 0.1) is 12.2 Å². The number of carbonyl (C=O) groups excluding carboxylic acids is 1. The minimum Gasteiger partial charge on any atom is -0.492 e. The summed E-state index contributed by atoms with van der Waals surface area (Å²) in [6.07, 6.45) is 6.67. The summed E-state index contributed by atoms with van der Waals surface area (Å²) in [5, 5.41) is 6.45. The predicted molar refractivity (Wildman–Crippen MR) is 120 cm³/mol. The van der Waals surface area contributed by atoms with E-state index in [-0.39, 0.29) is 5.91 Å². The van der Waals surface area contributed by atoms with Crippen LogP contribution in [0, 0.1) is 0 Å².